The van der Waals surface area contributed by atoms with Crippen LogP contribution in [0.3, 0.4) is 0 Å². The van der Waals surface area contributed by atoms with Gasteiger partial charge < -0.3 is 20.6 Å². The Morgan fingerprint density at radius 3 is 2.36 bits per heavy atom. The zero-order valence-electron chi connectivity index (χ0n) is 21.8. The lowest BCUT2D eigenvalue weighted by molar-refractivity contribution is -0.138. The zero-order chi connectivity index (χ0) is 30.6. The molecule has 0 radical (unpaired) electrons. The molecule has 2 aromatic carbocycles. The largest absolute Gasteiger partial charge is 0.494 e. The van der Waals surface area contributed by atoms with Crippen LogP contribution in [0.4, 0.5) is 33.3 Å². The number of rotatable bonds is 8. The SMILES string of the molecule is O=C(NCc1ccc(C(=O)Nc2ccc(Cl)cc2N2CCN(CCC(F)(F)F)CC2)c(F)c1F)c1cc(O)[nH]c(=O)c1. The lowest BCUT2D eigenvalue weighted by Gasteiger charge is -2.37. The number of carbonyl (C=O) groups is 2. The fraction of sp³-hybridized carbons (Fsp3) is 0.296. The van der Waals surface area contributed by atoms with Crippen molar-refractivity contribution in [3.8, 4) is 5.88 Å². The molecule has 0 saturated carbocycles. The number of hydrogen-bond donors (Lipinski definition) is 4. The molecular formula is C27H25ClF5N5O4. The fourth-order valence-corrected chi connectivity index (χ4v) is 4.56. The summed E-state index contributed by atoms with van der Waals surface area (Å²) in [6.45, 7) is 0.776. The first kappa shape index (κ1) is 30.8. The first-order valence-electron chi connectivity index (χ1n) is 12.6. The molecule has 3 aromatic rings. The standard InChI is InChI=1S/C27H25ClF5N5O4/c28-17-2-4-19(20(13-17)38-9-7-37(8-10-38)6-5-27(31,32)33)35-26(42)18-3-1-15(23(29)24(18)30)14-34-25(41)16-11-21(39)36-22(40)12-16/h1-4,11-13H,5-10,14H2,(H,34,41)(H,35,42)(H2,36,39,40). The van der Waals surface area contributed by atoms with E-state index in [4.69, 9.17) is 11.6 Å². The number of hydrogen-bond acceptors (Lipinski definition) is 6. The highest BCUT2D eigenvalue weighted by molar-refractivity contribution is 6.31. The predicted molar refractivity (Wildman–Crippen MR) is 145 cm³/mol. The van der Waals surface area contributed by atoms with Crippen molar-refractivity contribution in [1.29, 1.82) is 0 Å². The van der Waals surface area contributed by atoms with Gasteiger partial charge in [0.05, 0.1) is 28.9 Å². The number of alkyl halides is 3. The molecule has 0 aliphatic carbocycles. The molecule has 42 heavy (non-hydrogen) atoms. The van der Waals surface area contributed by atoms with Crippen LogP contribution in [0.1, 0.15) is 32.7 Å². The topological polar surface area (TPSA) is 118 Å². The van der Waals surface area contributed by atoms with Gasteiger partial charge >= 0.3 is 6.18 Å². The monoisotopic (exact) mass is 613 g/mol. The molecular weight excluding hydrogens is 589 g/mol. The summed E-state index contributed by atoms with van der Waals surface area (Å²) in [5.74, 6) is -5.17. The number of nitrogens with zero attached hydrogens (tertiary/aromatic N) is 2. The summed E-state index contributed by atoms with van der Waals surface area (Å²) in [6.07, 6.45) is -5.17. The minimum absolute atomic E-state index is 0.128. The van der Waals surface area contributed by atoms with E-state index in [0.717, 1.165) is 24.3 Å². The molecule has 0 unspecified atom stereocenters. The number of anilines is 2. The maximum atomic E-state index is 14.9. The van der Waals surface area contributed by atoms with Gasteiger partial charge in [-0.25, -0.2) is 8.78 Å². The average Bonchev–Trinajstić information content (AvgIpc) is 2.93. The van der Waals surface area contributed by atoms with Gasteiger partial charge in [0.25, 0.3) is 17.4 Å². The number of aromatic nitrogens is 1. The maximum Gasteiger partial charge on any atom is 0.390 e. The summed E-state index contributed by atoms with van der Waals surface area (Å²) in [5, 5.41) is 14.6. The quantitative estimate of drug-likeness (QED) is 0.282. The molecule has 0 bridgehead atoms. The summed E-state index contributed by atoms with van der Waals surface area (Å²) >= 11 is 6.14. The van der Waals surface area contributed by atoms with E-state index in [2.05, 4.69) is 15.6 Å². The van der Waals surface area contributed by atoms with Crippen molar-refractivity contribution >= 4 is 34.8 Å². The van der Waals surface area contributed by atoms with Crippen LogP contribution < -0.4 is 21.1 Å². The third-order valence-electron chi connectivity index (χ3n) is 6.57. The van der Waals surface area contributed by atoms with E-state index >= 15 is 0 Å². The van der Waals surface area contributed by atoms with Crippen molar-refractivity contribution in [3.63, 3.8) is 0 Å². The molecule has 1 aromatic heterocycles. The summed E-state index contributed by atoms with van der Waals surface area (Å²) in [7, 11) is 0. The third kappa shape index (κ3) is 7.76. The number of benzene rings is 2. The van der Waals surface area contributed by atoms with Crippen molar-refractivity contribution in [2.24, 2.45) is 0 Å². The molecule has 4 N–H and O–H groups in total. The number of amides is 2. The highest BCUT2D eigenvalue weighted by atomic mass is 35.5. The molecule has 2 heterocycles. The predicted octanol–water partition coefficient (Wildman–Crippen LogP) is 4.27. The van der Waals surface area contributed by atoms with Crippen molar-refractivity contribution in [2.45, 2.75) is 19.1 Å². The highest BCUT2D eigenvalue weighted by Gasteiger charge is 2.29. The Kier molecular flexibility index (Phi) is 9.36. The van der Waals surface area contributed by atoms with E-state index in [0.29, 0.717) is 36.9 Å². The van der Waals surface area contributed by atoms with Gasteiger partial charge in [-0.15, -0.1) is 0 Å². The second-order valence-corrected chi connectivity index (χ2v) is 9.95. The van der Waals surface area contributed by atoms with Gasteiger partial charge in [0.15, 0.2) is 17.5 Å². The Labute approximate surface area is 240 Å². The molecule has 15 heteroatoms. The molecule has 1 saturated heterocycles. The van der Waals surface area contributed by atoms with Gasteiger partial charge in [0.2, 0.25) is 0 Å². The minimum atomic E-state index is -4.25. The molecule has 1 fully saturated rings. The van der Waals surface area contributed by atoms with Crippen molar-refractivity contribution in [1.82, 2.24) is 15.2 Å². The number of aromatic hydroxyl groups is 1. The Hall–Kier alpha value is -4.17. The van der Waals surface area contributed by atoms with Gasteiger partial charge in [0, 0.05) is 62.0 Å². The lowest BCUT2D eigenvalue weighted by Crippen LogP contribution is -2.47. The van der Waals surface area contributed by atoms with Gasteiger partial charge in [-0.05, 0) is 24.3 Å². The van der Waals surface area contributed by atoms with Gasteiger partial charge in [-0.2, -0.15) is 13.2 Å². The van der Waals surface area contributed by atoms with Crippen LogP contribution in [0, 0.1) is 11.6 Å². The second kappa shape index (κ2) is 12.8. The highest BCUT2D eigenvalue weighted by Crippen LogP contribution is 2.31. The Morgan fingerprint density at radius 1 is 0.976 bits per heavy atom. The number of aromatic amines is 1. The molecule has 2 amide bonds. The minimum Gasteiger partial charge on any atom is -0.494 e. The van der Waals surface area contributed by atoms with Gasteiger partial charge in [-0.3, -0.25) is 24.3 Å². The first-order chi connectivity index (χ1) is 19.8. The number of nitrogens with one attached hydrogen (secondary N) is 3. The number of piperazine rings is 1. The Morgan fingerprint density at radius 2 is 1.69 bits per heavy atom. The van der Waals surface area contributed by atoms with Crippen LogP contribution in [-0.4, -0.2) is 65.7 Å². The molecule has 0 atom stereocenters. The summed E-state index contributed by atoms with van der Waals surface area (Å²) < 4.78 is 67.5. The van der Waals surface area contributed by atoms with Crippen LogP contribution >= 0.6 is 11.6 Å². The van der Waals surface area contributed by atoms with Crippen LogP contribution in [0.5, 0.6) is 5.88 Å². The van der Waals surface area contributed by atoms with E-state index < -0.39 is 59.6 Å². The smallest absolute Gasteiger partial charge is 0.390 e. The molecule has 1 aliphatic rings. The maximum absolute atomic E-state index is 14.9. The molecule has 1 aliphatic heterocycles. The second-order valence-electron chi connectivity index (χ2n) is 9.51. The van der Waals surface area contributed by atoms with Gasteiger partial charge in [-0.1, -0.05) is 17.7 Å². The normalized spacial score (nSPS) is 14.1. The van der Waals surface area contributed by atoms with E-state index in [1.54, 1.807) is 11.0 Å². The van der Waals surface area contributed by atoms with E-state index in [1.807, 2.05) is 4.90 Å². The van der Waals surface area contributed by atoms with Crippen LogP contribution in [0.25, 0.3) is 0 Å². The van der Waals surface area contributed by atoms with Gasteiger partial charge in [0.1, 0.15) is 0 Å². The summed E-state index contributed by atoms with van der Waals surface area (Å²) in [6, 6.07) is 8.60. The number of pyridine rings is 1. The number of halogens is 6. The molecule has 4 rings (SSSR count). The van der Waals surface area contributed by atoms with Crippen molar-refractivity contribution in [3.05, 3.63) is 86.2 Å². The number of carbonyl (C=O) groups excluding carboxylic acids is 2. The van der Waals surface area contributed by atoms with Crippen LogP contribution in [-0.2, 0) is 6.54 Å². The van der Waals surface area contributed by atoms with Crippen molar-refractivity contribution in [2.75, 3.05) is 42.9 Å². The van der Waals surface area contributed by atoms with E-state index in [-0.39, 0.29) is 23.4 Å². The van der Waals surface area contributed by atoms with Crippen LogP contribution in [0.15, 0.2) is 47.3 Å². The Bertz CT molecular complexity index is 1540. The van der Waals surface area contributed by atoms with Crippen LogP contribution in [0.2, 0.25) is 5.02 Å². The average molecular weight is 614 g/mol. The fourth-order valence-electron chi connectivity index (χ4n) is 4.40. The first-order valence-corrected chi connectivity index (χ1v) is 13.0. The lowest BCUT2D eigenvalue weighted by atomic mass is 10.1. The third-order valence-corrected chi connectivity index (χ3v) is 6.81. The molecule has 0 spiro atoms. The van der Waals surface area contributed by atoms with Crippen molar-refractivity contribution < 1.29 is 36.6 Å². The van der Waals surface area contributed by atoms with E-state index in [9.17, 15) is 41.4 Å². The molecule has 224 valence electrons. The summed E-state index contributed by atoms with van der Waals surface area (Å²) in [4.78, 5) is 42.2. The Balaban J connectivity index is 1.43. The van der Waals surface area contributed by atoms with E-state index in [1.165, 1.54) is 12.1 Å². The zero-order valence-corrected chi connectivity index (χ0v) is 22.6. The number of H-pyrrole nitrogens is 1. The summed E-state index contributed by atoms with van der Waals surface area (Å²) in [5.41, 5.74) is -1.11. The molecule has 9 nitrogen and oxygen atoms in total.